The molecule has 0 aliphatic carbocycles. The number of anilines is 1. The first-order valence-electron chi connectivity index (χ1n) is 11.2. The summed E-state index contributed by atoms with van der Waals surface area (Å²) in [7, 11) is 0. The number of nitrogens with one attached hydrogen (secondary N) is 1. The highest BCUT2D eigenvalue weighted by Gasteiger charge is 2.35. The van der Waals surface area contributed by atoms with Crippen LogP contribution in [-0.2, 0) is 16.1 Å². The van der Waals surface area contributed by atoms with Crippen molar-refractivity contribution in [3.8, 4) is 11.5 Å². The molecular formula is C26H25N3O6. The van der Waals surface area contributed by atoms with Gasteiger partial charge in [-0.1, -0.05) is 42.5 Å². The van der Waals surface area contributed by atoms with Gasteiger partial charge in [-0.3, -0.25) is 19.8 Å². The summed E-state index contributed by atoms with van der Waals surface area (Å²) in [6, 6.07) is 19.9. The molecule has 0 aromatic heterocycles. The number of nitro benzene ring substituents is 1. The number of rotatable bonds is 7. The highest BCUT2D eigenvalue weighted by molar-refractivity contribution is 5.97. The Balaban J connectivity index is 1.46. The molecule has 4 rings (SSSR count). The van der Waals surface area contributed by atoms with E-state index in [0.717, 1.165) is 11.1 Å². The van der Waals surface area contributed by atoms with Crippen LogP contribution in [0, 0.1) is 17.0 Å². The van der Waals surface area contributed by atoms with Crippen LogP contribution in [0.3, 0.4) is 0 Å². The van der Waals surface area contributed by atoms with Gasteiger partial charge in [-0.05, 0) is 43.0 Å². The van der Waals surface area contributed by atoms with E-state index in [2.05, 4.69) is 5.32 Å². The molecule has 3 aromatic carbocycles. The van der Waals surface area contributed by atoms with Crippen molar-refractivity contribution in [1.29, 1.82) is 0 Å². The van der Waals surface area contributed by atoms with Gasteiger partial charge < -0.3 is 14.8 Å². The summed E-state index contributed by atoms with van der Waals surface area (Å²) in [5.41, 5.74) is 1.80. The molecule has 0 bridgehead atoms. The molecule has 1 aliphatic heterocycles. The summed E-state index contributed by atoms with van der Waals surface area (Å²) >= 11 is 0. The number of nitrogens with zero attached hydrogens (tertiary/aromatic N) is 2. The van der Waals surface area contributed by atoms with E-state index in [9.17, 15) is 19.7 Å². The van der Waals surface area contributed by atoms with Crippen molar-refractivity contribution in [3.05, 3.63) is 94.0 Å². The second kappa shape index (κ2) is 10.7. The lowest BCUT2D eigenvalue weighted by molar-refractivity contribution is -0.384. The van der Waals surface area contributed by atoms with Crippen molar-refractivity contribution >= 4 is 23.4 Å². The van der Waals surface area contributed by atoms with Crippen LogP contribution in [0.5, 0.6) is 11.5 Å². The van der Waals surface area contributed by atoms with Crippen molar-refractivity contribution in [1.82, 2.24) is 4.90 Å². The Morgan fingerprint density at radius 2 is 1.86 bits per heavy atom. The second-order valence-corrected chi connectivity index (χ2v) is 8.27. The third kappa shape index (κ3) is 6.14. The fourth-order valence-corrected chi connectivity index (χ4v) is 3.92. The number of hydrogen-bond acceptors (Lipinski definition) is 6. The molecule has 0 spiro atoms. The van der Waals surface area contributed by atoms with Gasteiger partial charge in [0.15, 0.2) is 0 Å². The Morgan fingerprint density at radius 3 is 2.60 bits per heavy atom. The largest absolute Gasteiger partial charge is 0.457 e. The number of likely N-dealkylation sites (tertiary alicyclic amines) is 1. The van der Waals surface area contributed by atoms with Crippen molar-refractivity contribution < 1.29 is 24.0 Å². The Kier molecular flexibility index (Phi) is 7.25. The predicted molar refractivity (Wildman–Crippen MR) is 129 cm³/mol. The van der Waals surface area contributed by atoms with Crippen molar-refractivity contribution in [3.63, 3.8) is 0 Å². The maximum absolute atomic E-state index is 13.0. The SMILES string of the molecule is Cc1cccc(Oc2cc(NC(=O)C3CCCN3C(=O)OCc3ccccc3)cc([N+](=O)[O-])c2)c1. The molecule has 3 aromatic rings. The fraction of sp³-hybridized carbons (Fsp3) is 0.231. The lowest BCUT2D eigenvalue weighted by Crippen LogP contribution is -2.43. The molecule has 2 amide bonds. The normalized spacial score (nSPS) is 14.9. The minimum Gasteiger partial charge on any atom is -0.457 e. The molecule has 1 heterocycles. The van der Waals surface area contributed by atoms with E-state index < -0.39 is 23.0 Å². The number of non-ortho nitro benzene ring substituents is 1. The van der Waals surface area contributed by atoms with Crippen LogP contribution < -0.4 is 10.1 Å². The van der Waals surface area contributed by atoms with E-state index in [0.29, 0.717) is 25.1 Å². The number of aryl methyl sites for hydroxylation is 1. The molecule has 180 valence electrons. The number of nitro groups is 1. The van der Waals surface area contributed by atoms with Crippen molar-refractivity contribution in [2.75, 3.05) is 11.9 Å². The molecule has 9 heteroatoms. The smallest absolute Gasteiger partial charge is 0.410 e. The average molecular weight is 476 g/mol. The third-order valence-corrected chi connectivity index (χ3v) is 5.59. The third-order valence-electron chi connectivity index (χ3n) is 5.59. The second-order valence-electron chi connectivity index (χ2n) is 8.27. The monoisotopic (exact) mass is 475 g/mol. The fourth-order valence-electron chi connectivity index (χ4n) is 3.92. The minimum absolute atomic E-state index is 0.106. The van der Waals surface area contributed by atoms with E-state index in [-0.39, 0.29) is 23.7 Å². The Hall–Kier alpha value is -4.40. The molecule has 1 N–H and O–H groups in total. The molecule has 9 nitrogen and oxygen atoms in total. The van der Waals surface area contributed by atoms with Gasteiger partial charge >= 0.3 is 6.09 Å². The van der Waals surface area contributed by atoms with Gasteiger partial charge in [-0.15, -0.1) is 0 Å². The zero-order valence-corrected chi connectivity index (χ0v) is 19.2. The van der Waals surface area contributed by atoms with Crippen molar-refractivity contribution in [2.24, 2.45) is 0 Å². The first-order valence-corrected chi connectivity index (χ1v) is 11.2. The molecule has 0 radical (unpaired) electrons. The molecule has 1 atom stereocenters. The Labute approximate surface area is 202 Å². The molecule has 0 saturated carbocycles. The summed E-state index contributed by atoms with van der Waals surface area (Å²) in [6.45, 7) is 2.40. The molecule has 1 unspecified atom stereocenters. The van der Waals surface area contributed by atoms with Crippen LogP contribution >= 0.6 is 0 Å². The quantitative estimate of drug-likeness (QED) is 0.360. The van der Waals surface area contributed by atoms with Crippen LogP contribution in [0.15, 0.2) is 72.8 Å². The van der Waals surface area contributed by atoms with Crippen LogP contribution in [-0.4, -0.2) is 34.4 Å². The lowest BCUT2D eigenvalue weighted by Gasteiger charge is -2.23. The molecule has 1 aliphatic rings. The molecule has 1 saturated heterocycles. The van der Waals surface area contributed by atoms with Gasteiger partial charge in [0.1, 0.15) is 24.1 Å². The average Bonchev–Trinajstić information content (AvgIpc) is 3.33. The van der Waals surface area contributed by atoms with Crippen LogP contribution in [0.2, 0.25) is 0 Å². The summed E-state index contributed by atoms with van der Waals surface area (Å²) in [5.74, 6) is 0.290. The summed E-state index contributed by atoms with van der Waals surface area (Å²) in [4.78, 5) is 37.9. The number of benzene rings is 3. The first-order chi connectivity index (χ1) is 16.9. The van der Waals surface area contributed by atoms with Gasteiger partial charge in [0, 0.05) is 18.7 Å². The van der Waals surface area contributed by atoms with Gasteiger partial charge in [-0.25, -0.2) is 4.79 Å². The first kappa shape index (κ1) is 23.7. The highest BCUT2D eigenvalue weighted by atomic mass is 16.6. The van der Waals surface area contributed by atoms with E-state index in [1.807, 2.05) is 49.4 Å². The summed E-state index contributed by atoms with van der Waals surface area (Å²) < 4.78 is 11.2. The molecule has 35 heavy (non-hydrogen) atoms. The van der Waals surface area contributed by atoms with Gasteiger partial charge in [0.25, 0.3) is 5.69 Å². The van der Waals surface area contributed by atoms with Gasteiger partial charge in [0.2, 0.25) is 5.91 Å². The number of amides is 2. The number of hydrogen-bond donors (Lipinski definition) is 1. The Bertz CT molecular complexity index is 1230. The van der Waals surface area contributed by atoms with Crippen molar-refractivity contribution in [2.45, 2.75) is 32.4 Å². The summed E-state index contributed by atoms with van der Waals surface area (Å²) in [5, 5.41) is 14.2. The van der Waals surface area contributed by atoms with E-state index in [4.69, 9.17) is 9.47 Å². The van der Waals surface area contributed by atoms with Crippen LogP contribution in [0.1, 0.15) is 24.0 Å². The van der Waals surface area contributed by atoms with Crippen LogP contribution in [0.4, 0.5) is 16.2 Å². The van der Waals surface area contributed by atoms with Gasteiger partial charge in [-0.2, -0.15) is 0 Å². The van der Waals surface area contributed by atoms with Crippen LogP contribution in [0.25, 0.3) is 0 Å². The van der Waals surface area contributed by atoms with E-state index in [1.54, 1.807) is 12.1 Å². The summed E-state index contributed by atoms with van der Waals surface area (Å²) in [6.07, 6.45) is 0.539. The van der Waals surface area contributed by atoms with E-state index >= 15 is 0 Å². The molecular weight excluding hydrogens is 450 g/mol. The number of ether oxygens (including phenoxy) is 2. The number of carbonyl (C=O) groups is 2. The Morgan fingerprint density at radius 1 is 1.06 bits per heavy atom. The maximum atomic E-state index is 13.0. The maximum Gasteiger partial charge on any atom is 0.410 e. The topological polar surface area (TPSA) is 111 Å². The standard InChI is InChI=1S/C26H25N3O6/c1-18-7-5-10-22(13-18)35-23-15-20(14-21(16-23)29(32)33)27-25(30)24-11-6-12-28(24)26(31)34-17-19-8-3-2-4-9-19/h2-5,7-10,13-16,24H,6,11-12,17H2,1H3,(H,27,30). The predicted octanol–water partition coefficient (Wildman–Crippen LogP) is 5.44. The van der Waals surface area contributed by atoms with Gasteiger partial charge in [0.05, 0.1) is 16.7 Å². The minimum atomic E-state index is -0.737. The van der Waals surface area contributed by atoms with E-state index in [1.165, 1.54) is 23.1 Å². The molecule has 1 fully saturated rings. The highest BCUT2D eigenvalue weighted by Crippen LogP contribution is 2.31. The zero-order chi connectivity index (χ0) is 24.8. The number of carbonyl (C=O) groups excluding carboxylic acids is 2. The lowest BCUT2D eigenvalue weighted by atomic mass is 10.2. The zero-order valence-electron chi connectivity index (χ0n) is 19.2.